The van der Waals surface area contributed by atoms with Crippen LogP contribution in [0.15, 0.2) is 12.3 Å². The predicted molar refractivity (Wildman–Crippen MR) is 77.4 cm³/mol. The van der Waals surface area contributed by atoms with E-state index in [4.69, 9.17) is 10.8 Å². The molecule has 1 aromatic heterocycles. The molecule has 0 aliphatic heterocycles. The van der Waals surface area contributed by atoms with Crippen LogP contribution in [0.3, 0.4) is 0 Å². The van der Waals surface area contributed by atoms with Gasteiger partial charge in [-0.2, -0.15) is 0 Å². The molecule has 1 aromatic rings. The lowest BCUT2D eigenvalue weighted by Crippen LogP contribution is -2.36. The van der Waals surface area contributed by atoms with Crippen LogP contribution >= 0.6 is 0 Å². The van der Waals surface area contributed by atoms with Crippen molar-refractivity contribution in [1.29, 1.82) is 0 Å². The maximum Gasteiger partial charge on any atom is 0.337 e. The minimum atomic E-state index is -1.04. The van der Waals surface area contributed by atoms with Crippen LogP contribution in [0.1, 0.15) is 51.4 Å². The second-order valence-corrected chi connectivity index (χ2v) is 6.67. The third-order valence-corrected chi connectivity index (χ3v) is 2.65. The maximum atomic E-state index is 11.0. The van der Waals surface area contributed by atoms with Crippen molar-refractivity contribution in [3.63, 3.8) is 0 Å². The van der Waals surface area contributed by atoms with Gasteiger partial charge in [0.1, 0.15) is 5.82 Å². The van der Waals surface area contributed by atoms with Gasteiger partial charge in [-0.1, -0.05) is 20.8 Å². The summed E-state index contributed by atoms with van der Waals surface area (Å²) >= 11 is 0. The van der Waals surface area contributed by atoms with E-state index in [1.807, 2.05) is 13.8 Å². The number of aromatic nitrogens is 1. The first-order valence-corrected chi connectivity index (χ1v) is 6.28. The highest BCUT2D eigenvalue weighted by Crippen LogP contribution is 2.31. The summed E-state index contributed by atoms with van der Waals surface area (Å²) in [5.74, 6) is -0.620. The Bertz CT molecular complexity index is 476. The zero-order valence-electron chi connectivity index (χ0n) is 12.2. The largest absolute Gasteiger partial charge is 0.478 e. The van der Waals surface area contributed by atoms with Crippen molar-refractivity contribution in [2.24, 2.45) is 5.41 Å². The number of pyridine rings is 1. The molecule has 0 aromatic carbocycles. The van der Waals surface area contributed by atoms with Crippen molar-refractivity contribution in [3.8, 4) is 0 Å². The first kappa shape index (κ1) is 15.3. The topological polar surface area (TPSA) is 88.2 Å². The van der Waals surface area contributed by atoms with Crippen LogP contribution in [-0.4, -0.2) is 21.6 Å². The lowest BCUT2D eigenvalue weighted by molar-refractivity contribution is 0.0698. The number of nitrogen functional groups attached to an aromatic ring is 1. The molecule has 4 N–H and O–H groups in total. The standard InChI is InChI=1S/C14H23N3O2/c1-13(2,3)8-14(4,5)17-11-10(15)9(12(18)19)6-7-16-11/h6-7H,8,15H2,1-5H3,(H,16,17)(H,18,19). The number of hydrogen-bond acceptors (Lipinski definition) is 4. The summed E-state index contributed by atoms with van der Waals surface area (Å²) in [6.07, 6.45) is 2.35. The van der Waals surface area contributed by atoms with Crippen LogP contribution in [0.2, 0.25) is 0 Å². The van der Waals surface area contributed by atoms with Crippen LogP contribution in [-0.2, 0) is 0 Å². The molecule has 0 bridgehead atoms. The highest BCUT2D eigenvalue weighted by Gasteiger charge is 2.26. The fourth-order valence-electron chi connectivity index (χ4n) is 2.45. The highest BCUT2D eigenvalue weighted by molar-refractivity contribution is 5.96. The van der Waals surface area contributed by atoms with E-state index in [0.717, 1.165) is 6.42 Å². The number of nitrogens with one attached hydrogen (secondary N) is 1. The lowest BCUT2D eigenvalue weighted by atomic mass is 9.82. The zero-order chi connectivity index (χ0) is 14.8. The van der Waals surface area contributed by atoms with Crippen molar-refractivity contribution < 1.29 is 9.90 Å². The van der Waals surface area contributed by atoms with E-state index in [1.54, 1.807) is 0 Å². The fraction of sp³-hybridized carbons (Fsp3) is 0.571. The normalized spacial score (nSPS) is 12.3. The zero-order valence-corrected chi connectivity index (χ0v) is 12.2. The van der Waals surface area contributed by atoms with Crippen molar-refractivity contribution in [2.45, 2.75) is 46.6 Å². The Hall–Kier alpha value is -1.78. The number of rotatable bonds is 4. The molecular weight excluding hydrogens is 242 g/mol. The van der Waals surface area contributed by atoms with Crippen LogP contribution in [0, 0.1) is 5.41 Å². The van der Waals surface area contributed by atoms with Gasteiger partial charge in [-0.25, -0.2) is 9.78 Å². The Morgan fingerprint density at radius 2 is 1.95 bits per heavy atom. The van der Waals surface area contributed by atoms with E-state index in [2.05, 4.69) is 31.1 Å². The number of hydrogen-bond donors (Lipinski definition) is 3. The summed E-state index contributed by atoms with van der Waals surface area (Å²) in [6, 6.07) is 1.40. The summed E-state index contributed by atoms with van der Waals surface area (Å²) < 4.78 is 0. The molecule has 0 amide bonds. The molecule has 0 fully saturated rings. The van der Waals surface area contributed by atoms with Gasteiger partial charge >= 0.3 is 5.97 Å². The molecular formula is C14H23N3O2. The highest BCUT2D eigenvalue weighted by atomic mass is 16.4. The van der Waals surface area contributed by atoms with Crippen molar-refractivity contribution in [2.75, 3.05) is 11.1 Å². The van der Waals surface area contributed by atoms with Gasteiger partial charge in [-0.05, 0) is 31.7 Å². The molecule has 5 heteroatoms. The van der Waals surface area contributed by atoms with Crippen molar-refractivity contribution in [1.82, 2.24) is 4.98 Å². The SMILES string of the molecule is CC(C)(C)CC(C)(C)Nc1nccc(C(=O)O)c1N. The lowest BCUT2D eigenvalue weighted by Gasteiger charge is -2.34. The first-order valence-electron chi connectivity index (χ1n) is 6.28. The van der Waals surface area contributed by atoms with Crippen LogP contribution < -0.4 is 11.1 Å². The van der Waals surface area contributed by atoms with Gasteiger partial charge in [-0.15, -0.1) is 0 Å². The second kappa shape index (κ2) is 5.07. The van der Waals surface area contributed by atoms with Gasteiger partial charge in [0, 0.05) is 11.7 Å². The van der Waals surface area contributed by atoms with Crippen molar-refractivity contribution >= 4 is 17.5 Å². The quantitative estimate of drug-likeness (QED) is 0.778. The van der Waals surface area contributed by atoms with E-state index in [0.29, 0.717) is 5.82 Å². The second-order valence-electron chi connectivity index (χ2n) is 6.67. The molecule has 0 saturated heterocycles. The molecule has 1 heterocycles. The smallest absolute Gasteiger partial charge is 0.337 e. The molecule has 19 heavy (non-hydrogen) atoms. The molecule has 0 atom stereocenters. The summed E-state index contributed by atoms with van der Waals surface area (Å²) in [6.45, 7) is 10.6. The average molecular weight is 265 g/mol. The average Bonchev–Trinajstić information content (AvgIpc) is 2.16. The summed E-state index contributed by atoms with van der Waals surface area (Å²) in [4.78, 5) is 15.2. The van der Waals surface area contributed by atoms with Gasteiger partial charge in [0.2, 0.25) is 0 Å². The molecule has 106 valence electrons. The molecule has 0 aliphatic rings. The van der Waals surface area contributed by atoms with E-state index >= 15 is 0 Å². The third-order valence-electron chi connectivity index (χ3n) is 2.65. The van der Waals surface area contributed by atoms with E-state index in [-0.39, 0.29) is 22.2 Å². The Labute approximate surface area is 114 Å². The van der Waals surface area contributed by atoms with Gasteiger partial charge in [0.25, 0.3) is 0 Å². The Morgan fingerprint density at radius 3 is 2.42 bits per heavy atom. The predicted octanol–water partition coefficient (Wildman–Crippen LogP) is 2.99. The minimum absolute atomic E-state index is 0.0732. The molecule has 0 radical (unpaired) electrons. The molecule has 0 unspecified atom stereocenters. The Kier molecular flexibility index (Phi) is 4.08. The van der Waals surface area contributed by atoms with Crippen molar-refractivity contribution in [3.05, 3.63) is 17.8 Å². The van der Waals surface area contributed by atoms with Gasteiger partial charge < -0.3 is 16.2 Å². The number of nitrogens with zero attached hydrogens (tertiary/aromatic N) is 1. The van der Waals surface area contributed by atoms with Gasteiger partial charge in [0.05, 0.1) is 11.3 Å². The summed E-state index contributed by atoms with van der Waals surface area (Å²) in [5.41, 5.74) is 6.02. The number of carboxylic acid groups (broad SMARTS) is 1. The summed E-state index contributed by atoms with van der Waals surface area (Å²) in [7, 11) is 0. The van der Waals surface area contributed by atoms with E-state index in [9.17, 15) is 4.79 Å². The molecule has 1 rings (SSSR count). The first-order chi connectivity index (χ1) is 8.52. The maximum absolute atomic E-state index is 11.0. The van der Waals surface area contributed by atoms with E-state index in [1.165, 1.54) is 12.3 Å². The third kappa shape index (κ3) is 4.43. The Balaban J connectivity index is 3.00. The molecule has 5 nitrogen and oxygen atoms in total. The molecule has 0 saturated carbocycles. The van der Waals surface area contributed by atoms with Gasteiger partial charge in [0.15, 0.2) is 0 Å². The number of carbonyl (C=O) groups is 1. The van der Waals surface area contributed by atoms with Crippen LogP contribution in [0.5, 0.6) is 0 Å². The summed E-state index contributed by atoms with van der Waals surface area (Å²) in [5, 5.41) is 12.3. The number of nitrogens with two attached hydrogens (primary N) is 1. The monoisotopic (exact) mass is 265 g/mol. The Morgan fingerprint density at radius 1 is 1.37 bits per heavy atom. The van der Waals surface area contributed by atoms with Gasteiger partial charge in [-0.3, -0.25) is 0 Å². The van der Waals surface area contributed by atoms with Crippen LogP contribution in [0.25, 0.3) is 0 Å². The fourth-order valence-corrected chi connectivity index (χ4v) is 2.45. The molecule has 0 aliphatic carbocycles. The molecule has 0 spiro atoms. The van der Waals surface area contributed by atoms with E-state index < -0.39 is 5.97 Å². The number of anilines is 2. The minimum Gasteiger partial charge on any atom is -0.478 e. The number of carboxylic acids is 1. The van der Waals surface area contributed by atoms with Crippen LogP contribution in [0.4, 0.5) is 11.5 Å². The number of aromatic carboxylic acids is 1.